The molecule has 1 aromatic rings. The predicted molar refractivity (Wildman–Crippen MR) is 79.5 cm³/mol. The zero-order chi connectivity index (χ0) is 14.5. The highest BCUT2D eigenvalue weighted by Gasteiger charge is 2.23. The lowest BCUT2D eigenvalue weighted by Crippen LogP contribution is -2.39. The standard InChI is InChI=1S/C16H25FN2O/c1-18-13-7-9-14(10-8-13)19(2)11-12-5-4-6-15(20-3)16(12)17/h4-6,13-14,18H,7-11H2,1-3H3. The van der Waals surface area contributed by atoms with Gasteiger partial charge in [-0.3, -0.25) is 4.90 Å². The molecule has 1 saturated carbocycles. The van der Waals surface area contributed by atoms with E-state index in [1.807, 2.05) is 19.2 Å². The van der Waals surface area contributed by atoms with Gasteiger partial charge in [-0.05, 0) is 45.8 Å². The Morgan fingerprint density at radius 3 is 2.60 bits per heavy atom. The molecular weight excluding hydrogens is 255 g/mol. The summed E-state index contributed by atoms with van der Waals surface area (Å²) < 4.78 is 19.2. The monoisotopic (exact) mass is 280 g/mol. The number of benzene rings is 1. The number of ether oxygens (including phenoxy) is 1. The quantitative estimate of drug-likeness (QED) is 0.897. The van der Waals surface area contributed by atoms with Crippen molar-refractivity contribution in [1.29, 1.82) is 0 Å². The van der Waals surface area contributed by atoms with E-state index in [1.165, 1.54) is 32.8 Å². The summed E-state index contributed by atoms with van der Waals surface area (Å²) in [5, 5.41) is 3.34. The third kappa shape index (κ3) is 3.49. The van der Waals surface area contributed by atoms with Gasteiger partial charge in [-0.25, -0.2) is 4.39 Å². The lowest BCUT2D eigenvalue weighted by atomic mass is 9.90. The molecule has 4 heteroatoms. The lowest BCUT2D eigenvalue weighted by molar-refractivity contribution is 0.168. The number of hydrogen-bond acceptors (Lipinski definition) is 3. The molecule has 0 spiro atoms. The Morgan fingerprint density at radius 1 is 1.30 bits per heavy atom. The summed E-state index contributed by atoms with van der Waals surface area (Å²) in [6.07, 6.45) is 4.75. The zero-order valence-corrected chi connectivity index (χ0v) is 12.7. The van der Waals surface area contributed by atoms with Gasteiger partial charge in [-0.2, -0.15) is 0 Å². The van der Waals surface area contributed by atoms with Crippen molar-refractivity contribution in [3.63, 3.8) is 0 Å². The first-order valence-corrected chi connectivity index (χ1v) is 7.34. The maximum atomic E-state index is 14.2. The molecule has 1 fully saturated rings. The first-order valence-electron chi connectivity index (χ1n) is 7.34. The average Bonchev–Trinajstić information content (AvgIpc) is 2.49. The molecule has 0 radical (unpaired) electrons. The van der Waals surface area contributed by atoms with E-state index in [9.17, 15) is 4.39 Å². The first kappa shape index (κ1) is 15.3. The molecule has 0 amide bonds. The van der Waals surface area contributed by atoms with E-state index in [0.717, 1.165) is 0 Å². The maximum Gasteiger partial charge on any atom is 0.169 e. The van der Waals surface area contributed by atoms with Crippen LogP contribution in [-0.4, -0.2) is 38.2 Å². The molecular formula is C16H25FN2O. The molecule has 1 aliphatic carbocycles. The SMILES string of the molecule is CNC1CCC(N(C)Cc2cccc(OC)c2F)CC1. The zero-order valence-electron chi connectivity index (χ0n) is 12.7. The number of nitrogens with one attached hydrogen (secondary N) is 1. The molecule has 0 unspecified atom stereocenters. The van der Waals surface area contributed by atoms with Crippen molar-refractivity contribution in [1.82, 2.24) is 10.2 Å². The second kappa shape index (κ2) is 7.04. The molecule has 1 aliphatic rings. The van der Waals surface area contributed by atoms with Crippen LogP contribution in [0.5, 0.6) is 5.75 Å². The van der Waals surface area contributed by atoms with Crippen molar-refractivity contribution < 1.29 is 9.13 Å². The fraction of sp³-hybridized carbons (Fsp3) is 0.625. The van der Waals surface area contributed by atoms with Crippen LogP contribution in [0.1, 0.15) is 31.2 Å². The van der Waals surface area contributed by atoms with Crippen molar-refractivity contribution in [3.05, 3.63) is 29.6 Å². The van der Waals surface area contributed by atoms with Gasteiger partial charge in [0.15, 0.2) is 11.6 Å². The van der Waals surface area contributed by atoms with Crippen molar-refractivity contribution in [2.75, 3.05) is 21.2 Å². The van der Waals surface area contributed by atoms with Gasteiger partial charge in [0.2, 0.25) is 0 Å². The summed E-state index contributed by atoms with van der Waals surface area (Å²) in [7, 11) is 5.62. The van der Waals surface area contributed by atoms with Crippen molar-refractivity contribution >= 4 is 0 Å². The van der Waals surface area contributed by atoms with Gasteiger partial charge >= 0.3 is 0 Å². The van der Waals surface area contributed by atoms with Crippen LogP contribution < -0.4 is 10.1 Å². The summed E-state index contributed by atoms with van der Waals surface area (Å²) >= 11 is 0. The Balaban J connectivity index is 1.96. The first-order chi connectivity index (χ1) is 9.65. The molecule has 2 rings (SSSR count). The van der Waals surface area contributed by atoms with E-state index in [-0.39, 0.29) is 5.82 Å². The maximum absolute atomic E-state index is 14.2. The Bertz CT molecular complexity index is 430. The number of rotatable bonds is 5. The minimum Gasteiger partial charge on any atom is -0.494 e. The Labute approximate surface area is 121 Å². The second-order valence-corrected chi connectivity index (χ2v) is 5.64. The van der Waals surface area contributed by atoms with Gasteiger partial charge in [-0.1, -0.05) is 12.1 Å². The normalized spacial score (nSPS) is 23.1. The van der Waals surface area contributed by atoms with Crippen LogP contribution in [-0.2, 0) is 6.54 Å². The molecule has 0 atom stereocenters. The molecule has 0 saturated heterocycles. The van der Waals surface area contributed by atoms with E-state index in [1.54, 1.807) is 6.07 Å². The molecule has 20 heavy (non-hydrogen) atoms. The molecule has 0 heterocycles. The van der Waals surface area contributed by atoms with Gasteiger partial charge in [0.25, 0.3) is 0 Å². The highest BCUT2D eigenvalue weighted by atomic mass is 19.1. The van der Waals surface area contributed by atoms with Crippen LogP contribution in [0, 0.1) is 5.82 Å². The summed E-state index contributed by atoms with van der Waals surface area (Å²) in [6.45, 7) is 0.637. The number of halogens is 1. The smallest absolute Gasteiger partial charge is 0.169 e. The van der Waals surface area contributed by atoms with Crippen LogP contribution in [0.15, 0.2) is 18.2 Å². The Kier molecular flexibility index (Phi) is 5.38. The summed E-state index contributed by atoms with van der Waals surface area (Å²) in [6, 6.07) is 6.55. The van der Waals surface area contributed by atoms with E-state index in [2.05, 4.69) is 17.3 Å². The molecule has 1 aromatic carbocycles. The van der Waals surface area contributed by atoms with E-state index >= 15 is 0 Å². The van der Waals surface area contributed by atoms with Crippen LogP contribution in [0.25, 0.3) is 0 Å². The highest BCUT2D eigenvalue weighted by Crippen LogP contribution is 2.26. The third-order valence-corrected chi connectivity index (χ3v) is 4.41. The van der Waals surface area contributed by atoms with Crippen molar-refractivity contribution in [3.8, 4) is 5.75 Å². The molecule has 3 nitrogen and oxygen atoms in total. The highest BCUT2D eigenvalue weighted by molar-refractivity contribution is 5.31. The van der Waals surface area contributed by atoms with Crippen molar-refractivity contribution in [2.24, 2.45) is 0 Å². The van der Waals surface area contributed by atoms with Crippen LogP contribution in [0.4, 0.5) is 4.39 Å². The van der Waals surface area contributed by atoms with Gasteiger partial charge < -0.3 is 10.1 Å². The predicted octanol–water partition coefficient (Wildman–Crippen LogP) is 2.80. The summed E-state index contributed by atoms with van der Waals surface area (Å²) in [5.74, 6) is 0.0977. The summed E-state index contributed by atoms with van der Waals surface area (Å²) in [4.78, 5) is 2.27. The molecule has 0 bridgehead atoms. The van der Waals surface area contributed by atoms with Gasteiger partial charge in [0, 0.05) is 24.2 Å². The average molecular weight is 280 g/mol. The van der Waals surface area contributed by atoms with Crippen LogP contribution in [0.2, 0.25) is 0 Å². The van der Waals surface area contributed by atoms with Gasteiger partial charge in [0.1, 0.15) is 0 Å². The number of methoxy groups -OCH3 is 1. The lowest BCUT2D eigenvalue weighted by Gasteiger charge is -2.34. The molecule has 112 valence electrons. The van der Waals surface area contributed by atoms with Gasteiger partial charge in [-0.15, -0.1) is 0 Å². The minimum atomic E-state index is -0.231. The fourth-order valence-corrected chi connectivity index (χ4v) is 3.04. The van der Waals surface area contributed by atoms with Crippen LogP contribution >= 0.6 is 0 Å². The van der Waals surface area contributed by atoms with E-state index in [4.69, 9.17) is 4.74 Å². The Hall–Kier alpha value is -1.13. The molecule has 0 aliphatic heterocycles. The van der Waals surface area contributed by atoms with Crippen molar-refractivity contribution in [2.45, 2.75) is 44.3 Å². The Morgan fingerprint density at radius 2 is 2.00 bits per heavy atom. The second-order valence-electron chi connectivity index (χ2n) is 5.64. The molecule has 0 aromatic heterocycles. The largest absolute Gasteiger partial charge is 0.494 e. The van der Waals surface area contributed by atoms with E-state index in [0.29, 0.717) is 29.9 Å². The molecule has 1 N–H and O–H groups in total. The summed E-state index contributed by atoms with van der Waals surface area (Å²) in [5.41, 5.74) is 0.711. The third-order valence-electron chi connectivity index (χ3n) is 4.41. The number of nitrogens with zero attached hydrogens (tertiary/aromatic N) is 1. The van der Waals surface area contributed by atoms with Gasteiger partial charge in [0.05, 0.1) is 7.11 Å². The van der Waals surface area contributed by atoms with Crippen LogP contribution in [0.3, 0.4) is 0 Å². The number of hydrogen-bond donors (Lipinski definition) is 1. The van der Waals surface area contributed by atoms with E-state index < -0.39 is 0 Å². The topological polar surface area (TPSA) is 24.5 Å². The minimum absolute atomic E-state index is 0.231. The fourth-order valence-electron chi connectivity index (χ4n) is 3.04.